The molecule has 0 bridgehead atoms. The topological polar surface area (TPSA) is 52.7 Å². The largest absolute Gasteiger partial charge is 0.348 e. The average Bonchev–Trinajstić information content (AvgIpc) is 3.12. The van der Waals surface area contributed by atoms with E-state index in [2.05, 4.69) is 23.2 Å². The summed E-state index contributed by atoms with van der Waals surface area (Å²) in [5.74, 6) is 1.25. The number of thioether (sulfide) groups is 1. The Morgan fingerprint density at radius 1 is 1.13 bits per heavy atom. The van der Waals surface area contributed by atoms with Gasteiger partial charge in [-0.05, 0) is 24.6 Å². The van der Waals surface area contributed by atoms with Gasteiger partial charge in [-0.25, -0.2) is 0 Å². The lowest BCUT2D eigenvalue weighted by molar-refractivity contribution is 0.101. The Morgan fingerprint density at radius 3 is 2.61 bits per heavy atom. The summed E-state index contributed by atoms with van der Waals surface area (Å²) in [6, 6.07) is 11.8. The molecule has 23 heavy (non-hydrogen) atoms. The van der Waals surface area contributed by atoms with Gasteiger partial charge in [-0.15, -0.1) is 10.2 Å². The maximum absolute atomic E-state index is 12.2. The van der Waals surface area contributed by atoms with Gasteiger partial charge in [0.15, 0.2) is 16.8 Å². The second-order valence-corrected chi connectivity index (χ2v) is 6.34. The van der Waals surface area contributed by atoms with Gasteiger partial charge in [-0.1, -0.05) is 36.0 Å². The van der Waals surface area contributed by atoms with Crippen molar-refractivity contribution in [3.63, 3.8) is 0 Å². The third-order valence-electron chi connectivity index (χ3n) is 3.78. The lowest BCUT2D eigenvalue weighted by Crippen LogP contribution is -2.08. The van der Waals surface area contributed by atoms with Crippen LogP contribution in [0.2, 0.25) is 0 Å². The summed E-state index contributed by atoms with van der Waals surface area (Å²) in [4.78, 5) is 12.2. The zero-order chi connectivity index (χ0) is 16.4. The van der Waals surface area contributed by atoms with Crippen LogP contribution in [0.15, 0.2) is 47.8 Å². The van der Waals surface area contributed by atoms with Gasteiger partial charge in [0.1, 0.15) is 0 Å². The molecule has 3 aromatic rings. The second kappa shape index (κ2) is 6.42. The Kier molecular flexibility index (Phi) is 4.34. The highest BCUT2D eigenvalue weighted by Gasteiger charge is 2.15. The molecule has 5 nitrogen and oxygen atoms in total. The van der Waals surface area contributed by atoms with E-state index < -0.39 is 0 Å². The minimum Gasteiger partial charge on any atom is -0.348 e. The third kappa shape index (κ3) is 3.07. The number of benzene rings is 1. The maximum Gasteiger partial charge on any atom is 0.191 e. The Morgan fingerprint density at radius 2 is 1.91 bits per heavy atom. The number of hydrogen-bond donors (Lipinski definition) is 0. The first-order valence-electron chi connectivity index (χ1n) is 7.30. The minimum atomic E-state index is 0.0861. The lowest BCUT2D eigenvalue weighted by Gasteiger charge is -2.06. The lowest BCUT2D eigenvalue weighted by atomic mass is 10.1. The molecule has 0 spiro atoms. The number of rotatable bonds is 5. The number of hydrogen-bond acceptors (Lipinski definition) is 4. The second-order valence-electron chi connectivity index (χ2n) is 5.40. The van der Waals surface area contributed by atoms with Crippen molar-refractivity contribution in [1.29, 1.82) is 0 Å². The van der Waals surface area contributed by atoms with Gasteiger partial charge in [0.2, 0.25) is 0 Å². The van der Waals surface area contributed by atoms with Gasteiger partial charge in [0.05, 0.1) is 11.4 Å². The third-order valence-corrected chi connectivity index (χ3v) is 4.80. The van der Waals surface area contributed by atoms with Crippen LogP contribution in [0.5, 0.6) is 0 Å². The van der Waals surface area contributed by atoms with E-state index in [1.807, 2.05) is 59.8 Å². The summed E-state index contributed by atoms with van der Waals surface area (Å²) in [7, 11) is 3.80. The highest BCUT2D eigenvalue weighted by atomic mass is 32.2. The molecular weight excluding hydrogens is 308 g/mol. The summed E-state index contributed by atoms with van der Waals surface area (Å²) in [5.41, 5.74) is 2.92. The number of aromatic nitrogens is 4. The minimum absolute atomic E-state index is 0.0861. The van der Waals surface area contributed by atoms with E-state index in [0.717, 1.165) is 22.1 Å². The molecule has 3 rings (SSSR count). The van der Waals surface area contributed by atoms with Crippen molar-refractivity contribution in [2.24, 2.45) is 14.1 Å². The number of carbonyl (C=O) groups excluding carboxylic acids is 1. The van der Waals surface area contributed by atoms with Crippen LogP contribution in [-0.2, 0) is 14.1 Å². The Labute approximate surface area is 139 Å². The first-order chi connectivity index (χ1) is 11.1. The molecule has 0 saturated carbocycles. The molecular formula is C17H18N4OS. The van der Waals surface area contributed by atoms with E-state index in [4.69, 9.17) is 0 Å². The number of nitrogens with zero attached hydrogens (tertiary/aromatic N) is 4. The Hall–Kier alpha value is -2.34. The van der Waals surface area contributed by atoms with Crippen LogP contribution in [0.25, 0.3) is 11.4 Å². The fourth-order valence-electron chi connectivity index (χ4n) is 2.45. The fraction of sp³-hybridized carbons (Fsp3) is 0.235. The smallest absolute Gasteiger partial charge is 0.191 e. The SMILES string of the molecule is Cc1ccccc1-c1nnc(SCC(=O)c2cccn2C)n1C. The average molecular weight is 326 g/mol. The van der Waals surface area contributed by atoms with Crippen LogP contribution in [0, 0.1) is 6.92 Å². The van der Waals surface area contributed by atoms with Crippen molar-refractivity contribution in [3.05, 3.63) is 53.9 Å². The highest BCUT2D eigenvalue weighted by molar-refractivity contribution is 7.99. The predicted octanol–water partition coefficient (Wildman–Crippen LogP) is 3.10. The predicted molar refractivity (Wildman–Crippen MR) is 91.6 cm³/mol. The number of aryl methyl sites for hydroxylation is 2. The zero-order valence-corrected chi connectivity index (χ0v) is 14.2. The molecule has 6 heteroatoms. The Balaban J connectivity index is 1.77. The molecule has 118 valence electrons. The van der Waals surface area contributed by atoms with E-state index >= 15 is 0 Å². The summed E-state index contributed by atoms with van der Waals surface area (Å²) < 4.78 is 3.77. The summed E-state index contributed by atoms with van der Waals surface area (Å²) >= 11 is 1.41. The number of carbonyl (C=O) groups is 1. The van der Waals surface area contributed by atoms with Crippen molar-refractivity contribution >= 4 is 17.5 Å². The van der Waals surface area contributed by atoms with Crippen molar-refractivity contribution in [3.8, 4) is 11.4 Å². The van der Waals surface area contributed by atoms with Crippen LogP contribution in [0.4, 0.5) is 0 Å². The molecule has 1 aromatic carbocycles. The molecule has 0 N–H and O–H groups in total. The molecule has 2 aromatic heterocycles. The summed E-state index contributed by atoms with van der Waals surface area (Å²) in [5, 5.41) is 9.25. The molecule has 0 fully saturated rings. The van der Waals surface area contributed by atoms with Crippen LogP contribution < -0.4 is 0 Å². The monoisotopic (exact) mass is 326 g/mol. The number of ketones is 1. The molecule has 0 amide bonds. The van der Waals surface area contributed by atoms with Crippen LogP contribution in [0.1, 0.15) is 16.1 Å². The van der Waals surface area contributed by atoms with Crippen molar-refractivity contribution < 1.29 is 4.79 Å². The normalized spacial score (nSPS) is 10.9. The number of Topliss-reactive ketones (excluding diaryl/α,β-unsaturated/α-hetero) is 1. The van der Waals surface area contributed by atoms with Gasteiger partial charge in [-0.3, -0.25) is 4.79 Å². The summed E-state index contributed by atoms with van der Waals surface area (Å²) in [6.07, 6.45) is 1.87. The molecule has 0 aliphatic rings. The van der Waals surface area contributed by atoms with Crippen LogP contribution in [0.3, 0.4) is 0 Å². The standard InChI is InChI=1S/C17H18N4OS/c1-12-7-4-5-8-13(12)16-18-19-17(21(16)3)23-11-15(22)14-9-6-10-20(14)2/h4-10H,11H2,1-3H3. The van der Waals surface area contributed by atoms with E-state index in [1.165, 1.54) is 11.8 Å². The molecule has 0 aliphatic carbocycles. The molecule has 0 radical (unpaired) electrons. The van der Waals surface area contributed by atoms with E-state index in [1.54, 1.807) is 0 Å². The Bertz CT molecular complexity index is 850. The van der Waals surface area contributed by atoms with Gasteiger partial charge >= 0.3 is 0 Å². The van der Waals surface area contributed by atoms with Gasteiger partial charge in [0.25, 0.3) is 0 Å². The van der Waals surface area contributed by atoms with Crippen molar-refractivity contribution in [1.82, 2.24) is 19.3 Å². The molecule has 0 atom stereocenters. The van der Waals surface area contributed by atoms with Crippen molar-refractivity contribution in [2.45, 2.75) is 12.1 Å². The van der Waals surface area contributed by atoms with Crippen LogP contribution >= 0.6 is 11.8 Å². The maximum atomic E-state index is 12.2. The first kappa shape index (κ1) is 15.6. The van der Waals surface area contributed by atoms with Gasteiger partial charge < -0.3 is 9.13 Å². The van der Waals surface area contributed by atoms with E-state index in [-0.39, 0.29) is 5.78 Å². The van der Waals surface area contributed by atoms with Gasteiger partial charge in [0, 0.05) is 25.9 Å². The molecule has 0 saturated heterocycles. The van der Waals surface area contributed by atoms with Crippen LogP contribution in [-0.4, -0.2) is 30.9 Å². The first-order valence-corrected chi connectivity index (χ1v) is 8.29. The quantitative estimate of drug-likeness (QED) is 0.534. The zero-order valence-electron chi connectivity index (χ0n) is 13.4. The van der Waals surface area contributed by atoms with Crippen molar-refractivity contribution in [2.75, 3.05) is 5.75 Å². The van der Waals surface area contributed by atoms with E-state index in [0.29, 0.717) is 11.4 Å². The van der Waals surface area contributed by atoms with Gasteiger partial charge in [-0.2, -0.15) is 0 Å². The fourth-order valence-corrected chi connectivity index (χ4v) is 3.24. The molecule has 0 aliphatic heterocycles. The van der Waals surface area contributed by atoms with E-state index in [9.17, 15) is 4.79 Å². The highest BCUT2D eigenvalue weighted by Crippen LogP contribution is 2.25. The molecule has 0 unspecified atom stereocenters. The summed E-state index contributed by atoms with van der Waals surface area (Å²) in [6.45, 7) is 2.05. The molecule has 2 heterocycles.